The van der Waals surface area contributed by atoms with E-state index in [9.17, 15) is 8.78 Å². The Hall–Kier alpha value is -0.960. The first-order chi connectivity index (χ1) is 8.38. The van der Waals surface area contributed by atoms with Crippen molar-refractivity contribution >= 4 is 0 Å². The van der Waals surface area contributed by atoms with Crippen LogP contribution >= 0.6 is 0 Å². The molecule has 100 valence electrons. The summed E-state index contributed by atoms with van der Waals surface area (Å²) in [5, 5.41) is 0. The van der Waals surface area contributed by atoms with E-state index in [0.717, 1.165) is 25.3 Å². The monoisotopic (exact) mass is 253 g/mol. The van der Waals surface area contributed by atoms with Gasteiger partial charge in [-0.1, -0.05) is 13.8 Å². The highest BCUT2D eigenvalue weighted by atomic mass is 19.1. The lowest BCUT2D eigenvalue weighted by Crippen LogP contribution is -2.47. The summed E-state index contributed by atoms with van der Waals surface area (Å²) in [4.78, 5) is 0. The zero-order valence-electron chi connectivity index (χ0n) is 11.0. The van der Waals surface area contributed by atoms with Crippen LogP contribution in [0.25, 0.3) is 0 Å². The fraction of sp³-hybridized carbons (Fsp3) is 0.600. The zero-order chi connectivity index (χ0) is 13.3. The molecule has 0 aliphatic heterocycles. The van der Waals surface area contributed by atoms with Gasteiger partial charge in [-0.2, -0.15) is 0 Å². The molecule has 1 aliphatic carbocycles. The van der Waals surface area contributed by atoms with E-state index < -0.39 is 11.6 Å². The van der Waals surface area contributed by atoms with E-state index in [0.29, 0.717) is 23.8 Å². The molecule has 1 aromatic rings. The Kier molecular flexibility index (Phi) is 3.71. The summed E-state index contributed by atoms with van der Waals surface area (Å²) in [5.74, 6) is 0.213. The van der Waals surface area contributed by atoms with Gasteiger partial charge in [0.25, 0.3) is 0 Å². The molecule has 3 atom stereocenters. The summed E-state index contributed by atoms with van der Waals surface area (Å²) in [6.07, 6.45) is 3.50. The molecule has 0 radical (unpaired) electrons. The molecule has 18 heavy (non-hydrogen) atoms. The molecule has 1 saturated carbocycles. The third-order valence-corrected chi connectivity index (χ3v) is 4.28. The van der Waals surface area contributed by atoms with Gasteiger partial charge in [-0.05, 0) is 55.2 Å². The van der Waals surface area contributed by atoms with Crippen molar-refractivity contribution in [3.63, 3.8) is 0 Å². The molecule has 3 unspecified atom stereocenters. The van der Waals surface area contributed by atoms with Crippen LogP contribution in [0.4, 0.5) is 8.78 Å². The number of benzene rings is 1. The van der Waals surface area contributed by atoms with Gasteiger partial charge in [-0.15, -0.1) is 0 Å². The van der Waals surface area contributed by atoms with E-state index in [1.54, 1.807) is 0 Å². The van der Waals surface area contributed by atoms with Gasteiger partial charge in [-0.3, -0.25) is 0 Å². The van der Waals surface area contributed by atoms with E-state index in [1.807, 2.05) is 0 Å². The van der Waals surface area contributed by atoms with Crippen LogP contribution in [0.3, 0.4) is 0 Å². The van der Waals surface area contributed by atoms with Gasteiger partial charge >= 0.3 is 0 Å². The lowest BCUT2D eigenvalue weighted by molar-refractivity contribution is 0.175. The van der Waals surface area contributed by atoms with Crippen LogP contribution < -0.4 is 5.73 Å². The van der Waals surface area contributed by atoms with E-state index in [2.05, 4.69) is 13.8 Å². The molecule has 2 rings (SSSR count). The van der Waals surface area contributed by atoms with Crippen LogP contribution in [-0.4, -0.2) is 5.54 Å². The average Bonchev–Trinajstić information content (AvgIpc) is 2.22. The first kappa shape index (κ1) is 13.5. The summed E-state index contributed by atoms with van der Waals surface area (Å²) in [6.45, 7) is 4.45. The first-order valence-corrected chi connectivity index (χ1v) is 6.62. The van der Waals surface area contributed by atoms with Crippen molar-refractivity contribution in [3.8, 4) is 0 Å². The predicted molar refractivity (Wildman–Crippen MR) is 69.2 cm³/mol. The number of hydrogen-bond donors (Lipinski definition) is 1. The SMILES string of the molecule is CC1CCC(N)(Cc2cc(F)cc(F)c2)CC1C. The lowest BCUT2D eigenvalue weighted by atomic mass is 9.69. The minimum atomic E-state index is -0.522. The van der Waals surface area contributed by atoms with Gasteiger partial charge in [0.1, 0.15) is 11.6 Å². The van der Waals surface area contributed by atoms with Gasteiger partial charge in [0.05, 0.1) is 0 Å². The van der Waals surface area contributed by atoms with Crippen LogP contribution in [0.5, 0.6) is 0 Å². The first-order valence-electron chi connectivity index (χ1n) is 6.62. The molecular formula is C15H21F2N. The van der Waals surface area contributed by atoms with E-state index in [1.165, 1.54) is 12.1 Å². The number of halogens is 2. The van der Waals surface area contributed by atoms with E-state index >= 15 is 0 Å². The van der Waals surface area contributed by atoms with Gasteiger partial charge in [0, 0.05) is 11.6 Å². The molecule has 0 amide bonds. The quantitative estimate of drug-likeness (QED) is 0.855. The second-order valence-corrected chi connectivity index (χ2v) is 6.01. The minimum Gasteiger partial charge on any atom is -0.325 e. The smallest absolute Gasteiger partial charge is 0.126 e. The average molecular weight is 253 g/mol. The van der Waals surface area contributed by atoms with Gasteiger partial charge < -0.3 is 5.73 Å². The molecule has 0 heterocycles. The fourth-order valence-corrected chi connectivity index (χ4v) is 3.02. The minimum absolute atomic E-state index is 0.313. The van der Waals surface area contributed by atoms with Crippen molar-refractivity contribution < 1.29 is 8.78 Å². The Morgan fingerprint density at radius 2 is 1.78 bits per heavy atom. The number of hydrogen-bond acceptors (Lipinski definition) is 1. The number of nitrogens with two attached hydrogens (primary N) is 1. The topological polar surface area (TPSA) is 26.0 Å². The Morgan fingerprint density at radius 1 is 1.17 bits per heavy atom. The van der Waals surface area contributed by atoms with Crippen LogP contribution in [0, 0.1) is 23.5 Å². The highest BCUT2D eigenvalue weighted by Gasteiger charge is 2.34. The Balaban J connectivity index is 2.12. The van der Waals surface area contributed by atoms with Crippen LogP contribution in [0.2, 0.25) is 0 Å². The van der Waals surface area contributed by atoms with Gasteiger partial charge in [-0.25, -0.2) is 8.78 Å². The Morgan fingerprint density at radius 3 is 2.33 bits per heavy atom. The Labute approximate surface area is 107 Å². The fourth-order valence-electron chi connectivity index (χ4n) is 3.02. The zero-order valence-corrected chi connectivity index (χ0v) is 11.0. The molecule has 2 N–H and O–H groups in total. The van der Waals surface area contributed by atoms with Crippen LogP contribution in [0.1, 0.15) is 38.7 Å². The van der Waals surface area contributed by atoms with Crippen molar-refractivity contribution in [2.75, 3.05) is 0 Å². The maximum Gasteiger partial charge on any atom is 0.126 e. The summed E-state index contributed by atoms with van der Waals surface area (Å²) in [6, 6.07) is 3.68. The molecule has 3 heteroatoms. The molecule has 1 aromatic carbocycles. The molecule has 0 aromatic heterocycles. The number of rotatable bonds is 2. The standard InChI is InChI=1S/C15H21F2N/c1-10-3-4-15(18,8-11(10)2)9-12-5-13(16)7-14(17)6-12/h5-7,10-11H,3-4,8-9,18H2,1-2H3. The second-order valence-electron chi connectivity index (χ2n) is 6.01. The summed E-state index contributed by atoms with van der Waals surface area (Å²) >= 11 is 0. The van der Waals surface area contributed by atoms with Crippen molar-refractivity contribution in [1.29, 1.82) is 0 Å². The van der Waals surface area contributed by atoms with Gasteiger partial charge in [0.2, 0.25) is 0 Å². The lowest BCUT2D eigenvalue weighted by Gasteiger charge is -2.40. The van der Waals surface area contributed by atoms with Crippen molar-refractivity contribution in [2.45, 2.75) is 45.1 Å². The normalized spacial score (nSPS) is 32.5. The maximum atomic E-state index is 13.2. The van der Waals surface area contributed by atoms with Crippen molar-refractivity contribution in [1.82, 2.24) is 0 Å². The van der Waals surface area contributed by atoms with Crippen LogP contribution in [0.15, 0.2) is 18.2 Å². The van der Waals surface area contributed by atoms with E-state index in [4.69, 9.17) is 5.73 Å². The largest absolute Gasteiger partial charge is 0.325 e. The second kappa shape index (κ2) is 4.96. The molecule has 0 saturated heterocycles. The predicted octanol–water partition coefficient (Wildman–Crippen LogP) is 3.66. The summed E-state index contributed by atoms with van der Waals surface area (Å²) in [5.41, 5.74) is 6.75. The van der Waals surface area contributed by atoms with Gasteiger partial charge in [0.15, 0.2) is 0 Å². The van der Waals surface area contributed by atoms with Crippen molar-refractivity contribution in [2.24, 2.45) is 17.6 Å². The van der Waals surface area contributed by atoms with Crippen molar-refractivity contribution in [3.05, 3.63) is 35.4 Å². The summed E-state index contributed by atoms with van der Waals surface area (Å²) < 4.78 is 26.3. The highest BCUT2D eigenvalue weighted by Crippen LogP contribution is 2.36. The molecular weight excluding hydrogens is 232 g/mol. The third-order valence-electron chi connectivity index (χ3n) is 4.28. The molecule has 0 bridgehead atoms. The van der Waals surface area contributed by atoms with Crippen LogP contribution in [-0.2, 0) is 6.42 Å². The maximum absolute atomic E-state index is 13.2. The molecule has 1 aliphatic rings. The summed E-state index contributed by atoms with van der Waals surface area (Å²) in [7, 11) is 0. The highest BCUT2D eigenvalue weighted by molar-refractivity contribution is 5.20. The molecule has 0 spiro atoms. The Bertz CT molecular complexity index is 412. The molecule has 1 nitrogen and oxygen atoms in total. The van der Waals surface area contributed by atoms with E-state index in [-0.39, 0.29) is 5.54 Å². The third kappa shape index (κ3) is 3.08. The molecule has 1 fully saturated rings.